The number of methoxy groups -OCH3 is 1. The van der Waals surface area contributed by atoms with Gasteiger partial charge in [0.15, 0.2) is 5.96 Å². The standard InChI is InChI=1S/C15H26N4OS/c1-6-16-14(18-11-15(2,3)21-5)17-10-12-8-7-9-13(19-12)20-4/h7-9H,6,10-11H2,1-5H3,(H2,16,17,18). The van der Waals surface area contributed by atoms with Crippen molar-refractivity contribution in [2.24, 2.45) is 4.99 Å². The molecule has 0 amide bonds. The van der Waals surface area contributed by atoms with Crippen LogP contribution in [0.4, 0.5) is 0 Å². The zero-order valence-corrected chi connectivity index (χ0v) is 14.4. The van der Waals surface area contributed by atoms with E-state index in [1.54, 1.807) is 7.11 Å². The third-order valence-electron chi connectivity index (χ3n) is 2.97. The molecule has 118 valence electrons. The molecule has 0 unspecified atom stereocenters. The van der Waals surface area contributed by atoms with Crippen LogP contribution in [0.1, 0.15) is 26.5 Å². The SMILES string of the molecule is CCNC(=NCc1cccc(OC)n1)NCC(C)(C)SC. The Morgan fingerprint density at radius 3 is 2.76 bits per heavy atom. The van der Waals surface area contributed by atoms with Crippen molar-refractivity contribution in [1.29, 1.82) is 0 Å². The predicted molar refractivity (Wildman–Crippen MR) is 91.2 cm³/mol. The molecule has 1 aromatic rings. The van der Waals surface area contributed by atoms with Crippen molar-refractivity contribution in [2.75, 3.05) is 26.5 Å². The maximum absolute atomic E-state index is 5.12. The first-order valence-corrected chi connectivity index (χ1v) is 8.30. The van der Waals surface area contributed by atoms with E-state index in [4.69, 9.17) is 4.74 Å². The van der Waals surface area contributed by atoms with Gasteiger partial charge in [0, 0.05) is 23.9 Å². The third-order valence-corrected chi connectivity index (χ3v) is 4.22. The first-order chi connectivity index (χ1) is 10.0. The van der Waals surface area contributed by atoms with Crippen LogP contribution < -0.4 is 15.4 Å². The highest BCUT2D eigenvalue weighted by molar-refractivity contribution is 7.99. The van der Waals surface area contributed by atoms with Crippen LogP contribution in [-0.4, -0.2) is 42.1 Å². The molecule has 1 heterocycles. The van der Waals surface area contributed by atoms with Gasteiger partial charge in [0.2, 0.25) is 5.88 Å². The largest absolute Gasteiger partial charge is 0.481 e. The van der Waals surface area contributed by atoms with Crippen LogP contribution in [-0.2, 0) is 6.54 Å². The van der Waals surface area contributed by atoms with E-state index >= 15 is 0 Å². The average molecular weight is 310 g/mol. The second-order valence-electron chi connectivity index (χ2n) is 5.18. The van der Waals surface area contributed by atoms with Crippen LogP contribution in [0, 0.1) is 0 Å². The minimum Gasteiger partial charge on any atom is -0.481 e. The molecule has 0 saturated carbocycles. The summed E-state index contributed by atoms with van der Waals surface area (Å²) in [6.45, 7) is 8.67. The number of nitrogens with one attached hydrogen (secondary N) is 2. The topological polar surface area (TPSA) is 58.5 Å². The first-order valence-electron chi connectivity index (χ1n) is 7.08. The number of thioether (sulfide) groups is 1. The van der Waals surface area contributed by atoms with Crippen molar-refractivity contribution in [1.82, 2.24) is 15.6 Å². The maximum atomic E-state index is 5.12. The molecule has 5 nitrogen and oxygen atoms in total. The van der Waals surface area contributed by atoms with E-state index in [0.29, 0.717) is 12.4 Å². The van der Waals surface area contributed by atoms with Crippen molar-refractivity contribution in [2.45, 2.75) is 32.1 Å². The second kappa shape index (κ2) is 8.77. The van der Waals surface area contributed by atoms with Gasteiger partial charge in [-0.2, -0.15) is 11.8 Å². The summed E-state index contributed by atoms with van der Waals surface area (Å²) in [6, 6.07) is 5.70. The van der Waals surface area contributed by atoms with E-state index in [-0.39, 0.29) is 4.75 Å². The number of hydrogen-bond donors (Lipinski definition) is 2. The smallest absolute Gasteiger partial charge is 0.213 e. The zero-order valence-electron chi connectivity index (χ0n) is 13.6. The summed E-state index contributed by atoms with van der Waals surface area (Å²) < 4.78 is 5.29. The van der Waals surface area contributed by atoms with E-state index in [0.717, 1.165) is 24.7 Å². The Labute approximate surface area is 132 Å². The average Bonchev–Trinajstić information content (AvgIpc) is 2.50. The fraction of sp³-hybridized carbons (Fsp3) is 0.600. The van der Waals surface area contributed by atoms with Crippen molar-refractivity contribution < 1.29 is 4.74 Å². The Hall–Kier alpha value is -1.43. The first kappa shape index (κ1) is 17.6. The van der Waals surface area contributed by atoms with Crippen LogP contribution in [0.25, 0.3) is 0 Å². The zero-order chi connectivity index (χ0) is 15.7. The van der Waals surface area contributed by atoms with E-state index < -0.39 is 0 Å². The maximum Gasteiger partial charge on any atom is 0.213 e. The summed E-state index contributed by atoms with van der Waals surface area (Å²) in [4.78, 5) is 8.92. The van der Waals surface area contributed by atoms with Crippen molar-refractivity contribution in [3.8, 4) is 5.88 Å². The van der Waals surface area contributed by atoms with E-state index in [1.807, 2.05) is 30.0 Å². The van der Waals surface area contributed by atoms with Crippen molar-refractivity contribution >= 4 is 17.7 Å². The van der Waals surface area contributed by atoms with Gasteiger partial charge in [-0.25, -0.2) is 9.98 Å². The lowest BCUT2D eigenvalue weighted by Gasteiger charge is -2.23. The summed E-state index contributed by atoms with van der Waals surface area (Å²) in [7, 11) is 1.62. The molecule has 0 radical (unpaired) electrons. The lowest BCUT2D eigenvalue weighted by Crippen LogP contribution is -2.43. The summed E-state index contributed by atoms with van der Waals surface area (Å²) >= 11 is 1.83. The predicted octanol–water partition coefficient (Wildman–Crippen LogP) is 2.29. The van der Waals surface area contributed by atoms with Crippen molar-refractivity contribution in [3.05, 3.63) is 23.9 Å². The highest BCUT2D eigenvalue weighted by Crippen LogP contribution is 2.19. The lowest BCUT2D eigenvalue weighted by molar-refractivity contribution is 0.396. The van der Waals surface area contributed by atoms with Gasteiger partial charge >= 0.3 is 0 Å². The molecule has 0 saturated heterocycles. The molecule has 0 aliphatic heterocycles. The van der Waals surface area contributed by atoms with Gasteiger partial charge < -0.3 is 15.4 Å². The molecule has 2 N–H and O–H groups in total. The highest BCUT2D eigenvalue weighted by atomic mass is 32.2. The van der Waals surface area contributed by atoms with Crippen molar-refractivity contribution in [3.63, 3.8) is 0 Å². The molecule has 0 fully saturated rings. The fourth-order valence-electron chi connectivity index (χ4n) is 1.53. The van der Waals surface area contributed by atoms with E-state index in [2.05, 4.69) is 47.6 Å². The number of hydrogen-bond acceptors (Lipinski definition) is 4. The van der Waals surface area contributed by atoms with Gasteiger partial charge in [-0.15, -0.1) is 0 Å². The Kier molecular flexibility index (Phi) is 7.36. The molecule has 0 spiro atoms. The van der Waals surface area contributed by atoms with Gasteiger partial charge in [-0.1, -0.05) is 6.07 Å². The molecule has 0 aliphatic rings. The molecule has 0 aliphatic carbocycles. The molecule has 0 aromatic carbocycles. The van der Waals surface area contributed by atoms with Gasteiger partial charge in [0.1, 0.15) is 0 Å². The summed E-state index contributed by atoms with van der Waals surface area (Å²) in [5, 5.41) is 6.62. The Morgan fingerprint density at radius 1 is 1.38 bits per heavy atom. The minimum absolute atomic E-state index is 0.171. The molecule has 21 heavy (non-hydrogen) atoms. The third kappa shape index (κ3) is 6.71. The van der Waals surface area contributed by atoms with Crippen LogP contribution in [0.15, 0.2) is 23.2 Å². The summed E-state index contributed by atoms with van der Waals surface area (Å²) in [6.07, 6.45) is 2.12. The molecule has 1 aromatic heterocycles. The molecule has 0 bridgehead atoms. The number of rotatable bonds is 7. The minimum atomic E-state index is 0.171. The Balaban J connectivity index is 2.66. The summed E-state index contributed by atoms with van der Waals surface area (Å²) in [5.41, 5.74) is 0.885. The normalized spacial score (nSPS) is 12.1. The molecule has 0 atom stereocenters. The number of ether oxygens (including phenoxy) is 1. The molecule has 6 heteroatoms. The van der Waals surface area contributed by atoms with Crippen LogP contribution in [0.2, 0.25) is 0 Å². The van der Waals surface area contributed by atoms with E-state index in [9.17, 15) is 0 Å². The quantitative estimate of drug-likeness (QED) is 0.598. The monoisotopic (exact) mass is 310 g/mol. The number of pyridine rings is 1. The van der Waals surface area contributed by atoms with Crippen LogP contribution >= 0.6 is 11.8 Å². The summed E-state index contributed by atoms with van der Waals surface area (Å²) in [5.74, 6) is 1.42. The number of guanidine groups is 1. The van der Waals surface area contributed by atoms with Gasteiger partial charge in [0.25, 0.3) is 0 Å². The second-order valence-corrected chi connectivity index (χ2v) is 6.70. The molecular weight excluding hydrogens is 284 g/mol. The number of nitrogens with zero attached hydrogens (tertiary/aromatic N) is 2. The van der Waals surface area contributed by atoms with Crippen LogP contribution in [0.3, 0.4) is 0 Å². The highest BCUT2D eigenvalue weighted by Gasteiger charge is 2.16. The van der Waals surface area contributed by atoms with E-state index in [1.165, 1.54) is 0 Å². The van der Waals surface area contributed by atoms with Gasteiger partial charge in [-0.3, -0.25) is 0 Å². The number of aromatic nitrogens is 1. The molecule has 1 rings (SSSR count). The van der Waals surface area contributed by atoms with Crippen LogP contribution in [0.5, 0.6) is 5.88 Å². The van der Waals surface area contributed by atoms with Gasteiger partial charge in [-0.05, 0) is 33.1 Å². The Bertz CT molecular complexity index is 463. The molecular formula is C15H26N4OS. The lowest BCUT2D eigenvalue weighted by atomic mass is 10.2. The Morgan fingerprint density at radius 2 is 2.14 bits per heavy atom. The fourth-order valence-corrected chi connectivity index (χ4v) is 1.75. The number of aliphatic imine (C=N–C) groups is 1. The van der Waals surface area contributed by atoms with Gasteiger partial charge in [0.05, 0.1) is 19.3 Å².